The van der Waals surface area contributed by atoms with Crippen molar-refractivity contribution in [1.29, 1.82) is 0 Å². The molecule has 1 aliphatic carbocycles. The first-order valence-electron chi connectivity index (χ1n) is 4.33. The quantitative estimate of drug-likeness (QED) is 0.733. The fourth-order valence-electron chi connectivity index (χ4n) is 1.07. The minimum Gasteiger partial charge on any atom is -0.350 e. The van der Waals surface area contributed by atoms with Crippen molar-refractivity contribution in [3.63, 3.8) is 0 Å². The first-order valence-corrected chi connectivity index (χ1v) is 4.33. The maximum atomic E-state index is 11.2. The van der Waals surface area contributed by atoms with Crippen LogP contribution in [0.4, 0.5) is 0 Å². The highest BCUT2D eigenvalue weighted by Crippen LogP contribution is 2.28. The summed E-state index contributed by atoms with van der Waals surface area (Å²) in [5.41, 5.74) is 1.44. The Morgan fingerprint density at radius 2 is 2.38 bits per heavy atom. The van der Waals surface area contributed by atoms with Gasteiger partial charge >= 0.3 is 0 Å². The predicted octanol–water partition coefficient (Wildman–Crippen LogP) is 0.404. The minimum atomic E-state index is 0.113. The molecule has 0 unspecified atom stereocenters. The third kappa shape index (κ3) is 1.85. The van der Waals surface area contributed by atoms with E-state index in [1.165, 1.54) is 0 Å². The molecule has 0 atom stereocenters. The van der Waals surface area contributed by atoms with Gasteiger partial charge in [-0.2, -0.15) is 0 Å². The molecular weight excluding hydrogens is 170 g/mol. The monoisotopic (exact) mass is 181 g/mol. The number of carbonyl (C=O) groups excluding carboxylic acids is 1. The van der Waals surface area contributed by atoms with Crippen molar-refractivity contribution in [2.45, 2.75) is 26.3 Å². The molecule has 0 spiro atoms. The van der Waals surface area contributed by atoms with Crippen LogP contribution in [0.1, 0.15) is 24.2 Å². The largest absolute Gasteiger partial charge is 0.350 e. The van der Waals surface area contributed by atoms with E-state index in [9.17, 15) is 4.79 Å². The molecule has 0 bridgehead atoms. The molecule has 5 nitrogen and oxygen atoms in total. The number of hydrogen-bond donors (Lipinski definition) is 1. The summed E-state index contributed by atoms with van der Waals surface area (Å²) in [6.45, 7) is 2.22. The van der Waals surface area contributed by atoms with Gasteiger partial charge in [0.25, 0.3) is 0 Å². The molecule has 70 valence electrons. The minimum absolute atomic E-state index is 0.113. The molecule has 0 radical (unpaired) electrons. The Balaban J connectivity index is 1.85. The van der Waals surface area contributed by atoms with E-state index < -0.39 is 0 Å². The molecule has 1 N–H and O–H groups in total. The molecule has 5 heteroatoms. The van der Waals surface area contributed by atoms with Gasteiger partial charge in [-0.3, -0.25) is 4.79 Å². The summed E-state index contributed by atoms with van der Waals surface area (Å²) in [5.74, 6) is 0.350. The smallest absolute Gasteiger partial charge is 0.223 e. The molecule has 0 saturated heterocycles. The SMILES string of the molecule is Cc1nonc1CNC(=O)C1CC1. The standard InChI is InChI=1S/C8H11N3O2/c1-5-7(11-13-10-5)4-9-8(12)6-2-3-6/h6H,2-4H2,1H3,(H,9,12). The number of nitrogens with zero attached hydrogens (tertiary/aromatic N) is 2. The highest BCUT2D eigenvalue weighted by molar-refractivity contribution is 5.80. The van der Waals surface area contributed by atoms with Gasteiger partial charge in [-0.1, -0.05) is 10.3 Å². The van der Waals surface area contributed by atoms with Crippen LogP contribution in [-0.4, -0.2) is 16.2 Å². The lowest BCUT2D eigenvalue weighted by molar-refractivity contribution is -0.122. The van der Waals surface area contributed by atoms with E-state index in [0.29, 0.717) is 12.2 Å². The average molecular weight is 181 g/mol. The van der Waals surface area contributed by atoms with Crippen LogP contribution in [0.25, 0.3) is 0 Å². The van der Waals surface area contributed by atoms with Gasteiger partial charge < -0.3 is 5.32 Å². The number of rotatable bonds is 3. The maximum absolute atomic E-state index is 11.2. The zero-order chi connectivity index (χ0) is 9.26. The number of aryl methyl sites for hydroxylation is 1. The lowest BCUT2D eigenvalue weighted by Gasteiger charge is -1.99. The van der Waals surface area contributed by atoms with Crippen molar-refractivity contribution in [2.24, 2.45) is 5.92 Å². The number of aromatic nitrogens is 2. The van der Waals surface area contributed by atoms with Crippen LogP contribution in [-0.2, 0) is 11.3 Å². The molecule has 1 aromatic heterocycles. The van der Waals surface area contributed by atoms with Gasteiger partial charge in [0.2, 0.25) is 5.91 Å². The first kappa shape index (κ1) is 8.22. The summed E-state index contributed by atoms with van der Waals surface area (Å²) in [7, 11) is 0. The van der Waals surface area contributed by atoms with E-state index in [4.69, 9.17) is 0 Å². The van der Waals surface area contributed by atoms with Gasteiger partial charge in [0.15, 0.2) is 0 Å². The highest BCUT2D eigenvalue weighted by Gasteiger charge is 2.29. The van der Waals surface area contributed by atoms with Crippen LogP contribution in [0.2, 0.25) is 0 Å². The Labute approximate surface area is 75.5 Å². The summed E-state index contributed by atoms with van der Waals surface area (Å²) in [6, 6.07) is 0. The van der Waals surface area contributed by atoms with Crippen molar-refractivity contribution in [1.82, 2.24) is 15.6 Å². The van der Waals surface area contributed by atoms with E-state index in [0.717, 1.165) is 18.5 Å². The van der Waals surface area contributed by atoms with Crippen molar-refractivity contribution in [3.05, 3.63) is 11.4 Å². The first-order chi connectivity index (χ1) is 6.27. The molecule has 1 fully saturated rings. The predicted molar refractivity (Wildman–Crippen MR) is 43.6 cm³/mol. The zero-order valence-electron chi connectivity index (χ0n) is 7.41. The number of hydrogen-bond acceptors (Lipinski definition) is 4. The van der Waals surface area contributed by atoms with Crippen LogP contribution in [0.15, 0.2) is 4.63 Å². The van der Waals surface area contributed by atoms with Gasteiger partial charge in [-0.15, -0.1) is 0 Å². The molecule has 0 aliphatic heterocycles. The van der Waals surface area contributed by atoms with Crippen molar-refractivity contribution in [3.8, 4) is 0 Å². The molecule has 1 amide bonds. The van der Waals surface area contributed by atoms with Gasteiger partial charge in [-0.05, 0) is 19.8 Å². The summed E-state index contributed by atoms with van der Waals surface area (Å²) in [5, 5.41) is 10.1. The fraction of sp³-hybridized carbons (Fsp3) is 0.625. The van der Waals surface area contributed by atoms with Gasteiger partial charge in [0, 0.05) is 5.92 Å². The van der Waals surface area contributed by atoms with Crippen LogP contribution in [0, 0.1) is 12.8 Å². The molecule has 1 aromatic rings. The molecular formula is C8H11N3O2. The molecule has 0 aromatic carbocycles. The average Bonchev–Trinajstić information content (AvgIpc) is 2.88. The topological polar surface area (TPSA) is 68.0 Å². The molecule has 13 heavy (non-hydrogen) atoms. The molecule has 1 heterocycles. The Morgan fingerprint density at radius 3 is 2.92 bits per heavy atom. The second-order valence-electron chi connectivity index (χ2n) is 3.29. The molecule has 2 rings (SSSR count). The second-order valence-corrected chi connectivity index (χ2v) is 3.29. The van der Waals surface area contributed by atoms with Crippen LogP contribution in [0.5, 0.6) is 0 Å². The van der Waals surface area contributed by atoms with Crippen LogP contribution >= 0.6 is 0 Å². The van der Waals surface area contributed by atoms with Crippen molar-refractivity contribution >= 4 is 5.91 Å². The Kier molecular flexibility index (Phi) is 2.00. The fourth-order valence-corrected chi connectivity index (χ4v) is 1.07. The Bertz CT molecular complexity index is 317. The summed E-state index contributed by atoms with van der Waals surface area (Å²) in [4.78, 5) is 11.2. The van der Waals surface area contributed by atoms with E-state index >= 15 is 0 Å². The van der Waals surface area contributed by atoms with E-state index in [1.54, 1.807) is 6.92 Å². The number of carbonyl (C=O) groups is 1. The van der Waals surface area contributed by atoms with Gasteiger partial charge in [-0.25, -0.2) is 4.63 Å². The zero-order valence-corrected chi connectivity index (χ0v) is 7.41. The van der Waals surface area contributed by atoms with Crippen molar-refractivity contribution < 1.29 is 9.42 Å². The normalized spacial score (nSPS) is 15.8. The lowest BCUT2D eigenvalue weighted by atomic mass is 10.3. The molecule has 1 aliphatic rings. The van der Waals surface area contributed by atoms with Gasteiger partial charge in [0.1, 0.15) is 11.4 Å². The third-order valence-electron chi connectivity index (χ3n) is 2.12. The van der Waals surface area contributed by atoms with Gasteiger partial charge in [0.05, 0.1) is 6.54 Å². The summed E-state index contributed by atoms with van der Waals surface area (Å²) in [6.07, 6.45) is 2.03. The Morgan fingerprint density at radius 1 is 1.62 bits per heavy atom. The van der Waals surface area contributed by atoms with E-state index in [1.807, 2.05) is 0 Å². The Hall–Kier alpha value is -1.39. The maximum Gasteiger partial charge on any atom is 0.223 e. The van der Waals surface area contributed by atoms with Crippen LogP contribution < -0.4 is 5.32 Å². The lowest BCUT2D eigenvalue weighted by Crippen LogP contribution is -2.24. The number of amides is 1. The third-order valence-corrected chi connectivity index (χ3v) is 2.12. The summed E-state index contributed by atoms with van der Waals surface area (Å²) >= 11 is 0. The van der Waals surface area contributed by atoms with Crippen molar-refractivity contribution in [2.75, 3.05) is 0 Å². The number of nitrogens with one attached hydrogen (secondary N) is 1. The van der Waals surface area contributed by atoms with Crippen LogP contribution in [0.3, 0.4) is 0 Å². The second kappa shape index (κ2) is 3.16. The van der Waals surface area contributed by atoms with E-state index in [-0.39, 0.29) is 11.8 Å². The van der Waals surface area contributed by atoms with E-state index in [2.05, 4.69) is 20.3 Å². The molecule has 1 saturated carbocycles. The highest BCUT2D eigenvalue weighted by atomic mass is 16.6. The summed E-state index contributed by atoms with van der Waals surface area (Å²) < 4.78 is 4.50.